The quantitative estimate of drug-likeness (QED) is 0.381. The van der Waals surface area contributed by atoms with E-state index in [0.29, 0.717) is 0 Å². The van der Waals surface area contributed by atoms with Crippen LogP contribution >= 0.6 is 0 Å². The van der Waals surface area contributed by atoms with Crippen molar-refractivity contribution in [3.05, 3.63) is 0 Å². The maximum atomic E-state index is 8.41. The van der Waals surface area contributed by atoms with Gasteiger partial charge in [-0.15, -0.1) is 0 Å². The van der Waals surface area contributed by atoms with Crippen LogP contribution in [0.15, 0.2) is 0 Å². The molecule has 0 aliphatic heterocycles. The summed E-state index contributed by atoms with van der Waals surface area (Å²) in [6.45, 7) is 0. The van der Waals surface area contributed by atoms with Crippen molar-refractivity contribution < 1.29 is 28.0 Å². The zero-order chi connectivity index (χ0) is 2.71. The molecular formula is H3KMnO3. The van der Waals surface area contributed by atoms with Crippen molar-refractivity contribution in [2.75, 3.05) is 0 Å². The Balaban J connectivity index is -0.0000000200. The molecule has 0 atom stereocenters. The molecule has 3 nitrogen and oxygen atoms in total. The van der Waals surface area contributed by atoms with Gasteiger partial charge in [-0.3, -0.25) is 0 Å². The molecule has 0 amide bonds. The summed E-state index contributed by atoms with van der Waals surface area (Å²) in [5.74, 6) is 0. The first-order valence-electron chi connectivity index (χ1n) is 0.309. The predicted molar refractivity (Wildman–Crippen MR) is 12.1 cm³/mol. The van der Waals surface area contributed by atoms with Gasteiger partial charge in [-0.2, -0.15) is 0 Å². The van der Waals surface area contributed by atoms with E-state index in [1.807, 2.05) is 0 Å². The van der Waals surface area contributed by atoms with Crippen LogP contribution in [-0.2, 0) is 22.5 Å². The first-order chi connectivity index (χ1) is 1.41. The third-order valence-corrected chi connectivity index (χ3v) is 0. The van der Waals surface area contributed by atoms with Crippen molar-refractivity contribution in [1.82, 2.24) is 0 Å². The molecule has 0 heterocycles. The molecule has 29 valence electrons. The van der Waals surface area contributed by atoms with Gasteiger partial charge >= 0.3 is 73.9 Å². The minimum absolute atomic E-state index is 0. The number of hydrogen-bond donors (Lipinski definition) is 0. The fourth-order valence-corrected chi connectivity index (χ4v) is 0. The molecule has 0 saturated heterocycles. The van der Waals surface area contributed by atoms with Gasteiger partial charge in [-0.1, -0.05) is 0 Å². The summed E-state index contributed by atoms with van der Waals surface area (Å²) in [5.41, 5.74) is 0. The molecule has 2 N–H and O–H groups in total. The zero-order valence-electron chi connectivity index (χ0n) is 1.69. The zero-order valence-corrected chi connectivity index (χ0v) is 2.87. The van der Waals surface area contributed by atoms with Gasteiger partial charge < -0.3 is 5.48 Å². The Morgan fingerprint density at radius 2 is 1.20 bits per heavy atom. The second kappa shape index (κ2) is 17.2. The normalized spacial score (nSPS) is 2.40. The Hall–Kier alpha value is 1.72. The van der Waals surface area contributed by atoms with Gasteiger partial charge in [0.25, 0.3) is 0 Å². The van der Waals surface area contributed by atoms with E-state index >= 15 is 0 Å². The van der Waals surface area contributed by atoms with E-state index in [0.717, 1.165) is 0 Å². The molecule has 0 rings (SSSR count). The van der Waals surface area contributed by atoms with Crippen molar-refractivity contribution in [2.45, 2.75) is 0 Å². The number of hydrogen-bond acceptors (Lipinski definition) is 2. The third kappa shape index (κ3) is 26.8. The minimum atomic E-state index is -1.44. The summed E-state index contributed by atoms with van der Waals surface area (Å²) in [4.78, 5) is 0. The molecule has 0 bridgehead atoms. The maximum absolute atomic E-state index is 8.41. The Labute approximate surface area is 77.8 Å². The van der Waals surface area contributed by atoms with Crippen LogP contribution in [0.3, 0.4) is 0 Å². The predicted octanol–water partition coefficient (Wildman–Crippen LogP) is -1.71. The second-order valence-corrected chi connectivity index (χ2v) is 0.260. The van der Waals surface area contributed by atoms with Gasteiger partial charge in [-0.25, -0.2) is 0 Å². The Bertz CT molecular complexity index is 27.9. The molecule has 5 heavy (non-hydrogen) atoms. The molecular weight excluding hydrogens is 142 g/mol. The van der Waals surface area contributed by atoms with Gasteiger partial charge in [0.15, 0.2) is 0 Å². The third-order valence-electron chi connectivity index (χ3n) is 0. The van der Waals surface area contributed by atoms with Crippen molar-refractivity contribution in [3.8, 4) is 0 Å². The van der Waals surface area contributed by atoms with Crippen molar-refractivity contribution in [2.24, 2.45) is 0 Å². The molecule has 0 unspecified atom stereocenters. The van der Waals surface area contributed by atoms with Crippen LogP contribution in [0, 0.1) is 0 Å². The van der Waals surface area contributed by atoms with Crippen LogP contribution < -0.4 is 0 Å². The average Bonchev–Trinajstić information content (AvgIpc) is 0.918. The van der Waals surface area contributed by atoms with Gasteiger partial charge in [0.2, 0.25) is 0 Å². The fraction of sp³-hybridized carbons (Fsp3) is 0. The summed E-state index contributed by atoms with van der Waals surface area (Å²) < 4.78 is 16.8. The van der Waals surface area contributed by atoms with Crippen LogP contribution in [0.25, 0.3) is 0 Å². The van der Waals surface area contributed by atoms with Crippen LogP contribution in [-0.4, -0.2) is 56.9 Å². The molecule has 0 aromatic rings. The van der Waals surface area contributed by atoms with E-state index in [-0.39, 0.29) is 56.9 Å². The van der Waals surface area contributed by atoms with Gasteiger partial charge in [0, 0.05) is 0 Å². The van der Waals surface area contributed by atoms with E-state index in [1.54, 1.807) is 0 Å². The Kier molecular flexibility index (Phi) is 54.8. The molecule has 0 fully saturated rings. The molecule has 5 heteroatoms. The van der Waals surface area contributed by atoms with Crippen LogP contribution in [0.5, 0.6) is 0 Å². The summed E-state index contributed by atoms with van der Waals surface area (Å²) in [6, 6.07) is 0. The molecule has 0 aromatic carbocycles. The van der Waals surface area contributed by atoms with Crippen LogP contribution in [0.2, 0.25) is 0 Å². The molecule has 0 aliphatic rings. The van der Waals surface area contributed by atoms with Crippen molar-refractivity contribution >= 4 is 51.4 Å². The molecule has 0 aromatic heterocycles. The second-order valence-electron chi connectivity index (χ2n) is 0.0630. The molecule has 0 saturated carbocycles. The van der Waals surface area contributed by atoms with E-state index in [1.165, 1.54) is 0 Å². The summed E-state index contributed by atoms with van der Waals surface area (Å²) >= 11 is -1.44. The van der Waals surface area contributed by atoms with E-state index in [2.05, 4.69) is 0 Å². The Morgan fingerprint density at radius 1 is 1.20 bits per heavy atom. The standard InChI is InChI=1S/K.Mn.H2O.2O.H/h;;1H2;;;. The van der Waals surface area contributed by atoms with Gasteiger partial charge in [0.05, 0.1) is 0 Å². The topological polar surface area (TPSA) is 65.6 Å². The van der Waals surface area contributed by atoms with Crippen LogP contribution in [0.4, 0.5) is 0 Å². The summed E-state index contributed by atoms with van der Waals surface area (Å²) in [7, 11) is 0. The van der Waals surface area contributed by atoms with E-state index < -0.39 is 14.8 Å². The van der Waals surface area contributed by atoms with Crippen molar-refractivity contribution in [1.29, 1.82) is 0 Å². The Morgan fingerprint density at radius 3 is 1.20 bits per heavy atom. The van der Waals surface area contributed by atoms with Crippen LogP contribution in [0.1, 0.15) is 0 Å². The monoisotopic (exact) mass is 145 g/mol. The SMILES string of the molecule is O.[KH].[O]=[Mn]=[O]. The first-order valence-corrected chi connectivity index (χ1v) is 1.27. The summed E-state index contributed by atoms with van der Waals surface area (Å²) in [5, 5.41) is 0. The van der Waals surface area contributed by atoms with E-state index in [9.17, 15) is 0 Å². The fourth-order valence-electron chi connectivity index (χ4n) is 0. The first kappa shape index (κ1) is 15.9. The summed E-state index contributed by atoms with van der Waals surface area (Å²) in [6.07, 6.45) is 0. The average molecular weight is 145 g/mol. The van der Waals surface area contributed by atoms with Gasteiger partial charge in [0.1, 0.15) is 0 Å². The van der Waals surface area contributed by atoms with E-state index in [4.69, 9.17) is 7.67 Å². The molecule has 0 radical (unpaired) electrons. The van der Waals surface area contributed by atoms with Gasteiger partial charge in [-0.05, 0) is 0 Å². The molecule has 0 aliphatic carbocycles. The number of rotatable bonds is 0. The van der Waals surface area contributed by atoms with Crippen molar-refractivity contribution in [3.63, 3.8) is 0 Å². The molecule has 0 spiro atoms.